The quantitative estimate of drug-likeness (QED) is 0.0210. The highest BCUT2D eigenvalue weighted by atomic mass is 16.6. The van der Waals surface area contributed by atoms with Gasteiger partial charge in [0.25, 0.3) is 17.7 Å². The summed E-state index contributed by atoms with van der Waals surface area (Å²) in [5, 5.41) is 32.2. The molecule has 784 valence electrons. The predicted molar refractivity (Wildman–Crippen MR) is 496 cm³/mol. The number of nitrogens with one attached hydrogen (secondary N) is 4. The Bertz CT molecular complexity index is 3800. The molecule has 6 amide bonds. The van der Waals surface area contributed by atoms with Crippen LogP contribution in [0.3, 0.4) is 0 Å². The molecule has 0 fully saturated rings. The van der Waals surface area contributed by atoms with Crippen molar-refractivity contribution in [3.8, 4) is 28.2 Å². The largest absolute Gasteiger partial charge is 0.508 e. The van der Waals surface area contributed by atoms with Gasteiger partial charge in [-0.25, -0.2) is 4.79 Å². The number of carbonyl (C=O) groups is 7. The maximum absolute atomic E-state index is 13.6. The summed E-state index contributed by atoms with van der Waals surface area (Å²) in [6.07, 6.45) is 3.25. The van der Waals surface area contributed by atoms with E-state index in [2.05, 4.69) is 21.3 Å². The highest BCUT2D eigenvalue weighted by Gasteiger charge is 2.27. The standard InChI is InChI=1S/C94H149N5O39/c1-110-22-23-114-30-31-118-36-37-120-40-41-122-44-45-124-48-49-126-52-53-128-56-57-130-60-61-132-64-65-134-68-69-136-72-73-137-71-70-135-67-66-133-63-62-131-59-58-129-55-54-127-51-50-125-47-46-123-43-42-121-39-38-119-35-34-117-29-26-113-21-17-97-93(107)84(98-88(103)14-19-111-24-27-115-32-33-116-28-25-112-20-16-95-87(102)13-18-99-89(104)11-12-90(99)105)4-2-3-15-96-92(106)77-5-8-80(83(74-77)94(108)109)91-81-9-6-78(100)75-85(81)138-86-76-79(101)7-10-82(86)91/h5-12,74-76,84,100H,2-4,13-73H2,1H3,(H,95,102)(H,96,106)(H,97,107)(H,98,103)(H,108,109). The van der Waals surface area contributed by atoms with Gasteiger partial charge in [0.1, 0.15) is 23.1 Å². The molecule has 2 aliphatic heterocycles. The van der Waals surface area contributed by atoms with E-state index in [4.69, 9.17) is 137 Å². The minimum Gasteiger partial charge on any atom is -0.508 e. The average molecular weight is 1970 g/mol. The van der Waals surface area contributed by atoms with Crippen LogP contribution in [-0.2, 0) is 157 Å². The van der Waals surface area contributed by atoms with E-state index >= 15 is 0 Å². The molecule has 2 aromatic rings. The molecule has 0 bridgehead atoms. The number of hydrogen-bond donors (Lipinski definition) is 6. The van der Waals surface area contributed by atoms with Crippen LogP contribution in [0, 0.1) is 0 Å². The summed E-state index contributed by atoms with van der Waals surface area (Å²) >= 11 is 0. The lowest BCUT2D eigenvalue weighted by molar-refractivity contribution is -0.137. The molecule has 6 N–H and O–H groups in total. The van der Waals surface area contributed by atoms with Crippen LogP contribution >= 0.6 is 0 Å². The third-order valence-corrected chi connectivity index (χ3v) is 19.1. The number of nitrogens with zero attached hydrogens (tertiary/aromatic N) is 1. The number of benzene rings is 3. The van der Waals surface area contributed by atoms with Gasteiger partial charge in [-0.2, -0.15) is 0 Å². The van der Waals surface area contributed by atoms with Crippen LogP contribution in [0.15, 0.2) is 76.0 Å². The fourth-order valence-corrected chi connectivity index (χ4v) is 12.1. The summed E-state index contributed by atoms with van der Waals surface area (Å²) in [4.78, 5) is 102. The van der Waals surface area contributed by atoms with E-state index in [0.717, 1.165) is 4.90 Å². The number of methoxy groups -OCH3 is 1. The van der Waals surface area contributed by atoms with Gasteiger partial charge in [-0.05, 0) is 61.2 Å². The molecule has 0 aromatic heterocycles. The lowest BCUT2D eigenvalue weighted by Gasteiger charge is -2.19. The number of aromatic carboxylic acids is 1. The lowest BCUT2D eigenvalue weighted by atomic mass is 9.90. The Labute approximate surface area is 807 Å². The van der Waals surface area contributed by atoms with Crippen molar-refractivity contribution in [1.82, 2.24) is 26.2 Å². The number of fused-ring (bicyclic) bond motifs is 2. The molecule has 1 unspecified atom stereocenters. The Kier molecular flexibility index (Phi) is 74.9. The highest BCUT2D eigenvalue weighted by Crippen LogP contribution is 2.42. The van der Waals surface area contributed by atoms with E-state index in [1.807, 2.05) is 0 Å². The maximum atomic E-state index is 13.6. The van der Waals surface area contributed by atoms with Crippen molar-refractivity contribution >= 4 is 52.4 Å². The third kappa shape index (κ3) is 63.0. The second-order valence-electron chi connectivity index (χ2n) is 29.6. The number of ether oxygens (including phenoxy) is 28. The number of phenolic OH excluding ortho intramolecular Hbond substituents is 1. The van der Waals surface area contributed by atoms with Gasteiger partial charge in [-0.15, -0.1) is 0 Å². The van der Waals surface area contributed by atoms with Gasteiger partial charge in [0.15, 0.2) is 5.43 Å². The van der Waals surface area contributed by atoms with Gasteiger partial charge in [-0.1, -0.05) is 6.07 Å². The van der Waals surface area contributed by atoms with Crippen LogP contribution in [0.2, 0.25) is 0 Å². The third-order valence-electron chi connectivity index (χ3n) is 19.1. The van der Waals surface area contributed by atoms with Crippen LogP contribution in [0.25, 0.3) is 33.4 Å². The Morgan fingerprint density at radius 2 is 0.674 bits per heavy atom. The summed E-state index contributed by atoms with van der Waals surface area (Å²) in [7, 11) is 1.64. The number of unbranched alkanes of at least 4 members (excludes halogenated alkanes) is 1. The van der Waals surface area contributed by atoms with Crippen LogP contribution < -0.4 is 26.7 Å². The van der Waals surface area contributed by atoms with Crippen molar-refractivity contribution in [2.75, 3.05) is 397 Å². The van der Waals surface area contributed by atoms with E-state index in [-0.39, 0.29) is 157 Å². The van der Waals surface area contributed by atoms with E-state index in [1.54, 1.807) is 13.2 Å². The van der Waals surface area contributed by atoms with Crippen molar-refractivity contribution in [2.24, 2.45) is 0 Å². The first-order valence-corrected chi connectivity index (χ1v) is 47.2. The fourth-order valence-electron chi connectivity index (χ4n) is 12.1. The first-order chi connectivity index (χ1) is 67.9. The number of phenols is 1. The van der Waals surface area contributed by atoms with Crippen molar-refractivity contribution in [3.63, 3.8) is 0 Å². The second kappa shape index (κ2) is 85.8. The summed E-state index contributed by atoms with van der Waals surface area (Å²) < 4.78 is 160. The maximum Gasteiger partial charge on any atom is 0.336 e. The smallest absolute Gasteiger partial charge is 0.336 e. The zero-order valence-electron chi connectivity index (χ0n) is 80.1. The van der Waals surface area contributed by atoms with Crippen LogP contribution in [-0.4, -0.2) is 459 Å². The number of hydrogen-bond acceptors (Lipinski definition) is 38. The summed E-state index contributed by atoms with van der Waals surface area (Å²) in [5.41, 5.74) is 0.889. The Balaban J connectivity index is 0.743. The molecular weight excluding hydrogens is 1820 g/mol. The molecule has 0 spiro atoms. The van der Waals surface area contributed by atoms with E-state index in [9.17, 15) is 48.6 Å². The number of carboxylic acids is 1. The van der Waals surface area contributed by atoms with Gasteiger partial charge in [0, 0.05) is 92.5 Å². The first-order valence-electron chi connectivity index (χ1n) is 47.2. The van der Waals surface area contributed by atoms with Crippen molar-refractivity contribution in [1.29, 1.82) is 0 Å². The van der Waals surface area contributed by atoms with Crippen molar-refractivity contribution in [3.05, 3.63) is 88.1 Å². The molecule has 1 aliphatic carbocycles. The summed E-state index contributed by atoms with van der Waals surface area (Å²) in [5.74, 6) is -3.86. The van der Waals surface area contributed by atoms with Gasteiger partial charge >= 0.3 is 5.97 Å². The summed E-state index contributed by atoms with van der Waals surface area (Å²) in [6.45, 7) is 23.3. The van der Waals surface area contributed by atoms with Crippen LogP contribution in [0.4, 0.5) is 0 Å². The van der Waals surface area contributed by atoms with E-state index < -0.39 is 41.5 Å². The molecule has 0 radical (unpaired) electrons. The normalized spacial score (nSPS) is 12.3. The molecule has 44 nitrogen and oxygen atoms in total. The fraction of sp³-hybridized carbons (Fsp3) is 0.702. The number of rotatable bonds is 100. The first kappa shape index (κ1) is 121. The Hall–Kier alpha value is -7.96. The SMILES string of the molecule is COCCOCCOCCOCCOCCOCCOCCOCCOCCOCCOCCOCCOCCOCCOCCOCCOCCOCCOCCOCCOCCOCCOCCOCCNC(=O)C(CCCCNC(=O)c1ccc(-c2c3ccc(=O)cc-3oc3cc(O)ccc23)c(C(=O)O)c1)NC(=O)CCOCCOCCOCCOCCNC(=O)CCN1C(=O)C=CC1=O. The molecule has 2 aromatic carbocycles. The van der Waals surface area contributed by atoms with Gasteiger partial charge < -0.3 is 169 Å². The number of carboxylic acid groups (broad SMARTS) is 1. The molecule has 5 rings (SSSR count). The molecule has 44 heteroatoms. The number of carbonyl (C=O) groups excluding carboxylic acids is 6. The van der Waals surface area contributed by atoms with Crippen molar-refractivity contribution < 1.29 is 181 Å². The van der Waals surface area contributed by atoms with Crippen LogP contribution in [0.1, 0.15) is 52.8 Å². The van der Waals surface area contributed by atoms with Gasteiger partial charge in [0.2, 0.25) is 17.7 Å². The Morgan fingerprint density at radius 3 is 1.03 bits per heavy atom. The minimum atomic E-state index is -1.31. The van der Waals surface area contributed by atoms with Crippen LogP contribution in [0.5, 0.6) is 5.75 Å². The van der Waals surface area contributed by atoms with Gasteiger partial charge in [-0.3, -0.25) is 38.5 Å². The molecule has 2 heterocycles. The number of imide groups is 1. The molecule has 0 saturated carbocycles. The molecular formula is C94H149N5O39. The zero-order chi connectivity index (χ0) is 98.3. The molecule has 3 aliphatic rings. The molecule has 138 heavy (non-hydrogen) atoms. The topological polar surface area (TPSA) is 500 Å². The zero-order valence-corrected chi connectivity index (χ0v) is 80.1. The van der Waals surface area contributed by atoms with E-state index in [1.165, 1.54) is 60.7 Å². The minimum absolute atomic E-state index is 0.0000150. The average Bonchev–Trinajstić information content (AvgIpc) is 0.835. The molecule has 1 atom stereocenters. The summed E-state index contributed by atoms with van der Waals surface area (Å²) in [6, 6.07) is 11.8. The van der Waals surface area contributed by atoms with Gasteiger partial charge in [0.05, 0.1) is 369 Å². The van der Waals surface area contributed by atoms with Crippen molar-refractivity contribution in [2.45, 2.75) is 38.1 Å². The number of amides is 6. The number of aromatic hydroxyl groups is 1. The second-order valence-corrected chi connectivity index (χ2v) is 29.6. The van der Waals surface area contributed by atoms with E-state index in [0.29, 0.717) is 327 Å². The monoisotopic (exact) mass is 1970 g/mol. The molecule has 0 saturated heterocycles. The highest BCUT2D eigenvalue weighted by molar-refractivity contribution is 6.13. The predicted octanol–water partition coefficient (Wildman–Crippen LogP) is 2.39. The Morgan fingerprint density at radius 1 is 0.341 bits per heavy atom. The lowest BCUT2D eigenvalue weighted by Crippen LogP contribution is -2.47.